The van der Waals surface area contributed by atoms with Gasteiger partial charge in [0.15, 0.2) is 16.7 Å². The highest BCUT2D eigenvalue weighted by Gasteiger charge is 2.19. The number of aromatic nitrogens is 4. The molecule has 0 aliphatic rings. The molecule has 0 spiro atoms. The summed E-state index contributed by atoms with van der Waals surface area (Å²) in [5, 5.41) is 30.4. The first-order chi connectivity index (χ1) is 16.4. The SMILES string of the molecule is CCOc1ccc(C(=O)NC(=S)Nc2cccc(-c3nn4c(CC)nnc4s3)c2)cc1[N+](=O)[O-]. The van der Waals surface area contributed by atoms with Gasteiger partial charge in [0, 0.05) is 29.3 Å². The molecule has 0 aliphatic carbocycles. The molecule has 4 rings (SSSR count). The maximum absolute atomic E-state index is 12.6. The van der Waals surface area contributed by atoms with E-state index < -0.39 is 10.8 Å². The summed E-state index contributed by atoms with van der Waals surface area (Å²) in [7, 11) is 0. The predicted molar refractivity (Wildman–Crippen MR) is 131 cm³/mol. The Labute approximate surface area is 202 Å². The molecule has 2 heterocycles. The van der Waals surface area contributed by atoms with Crippen LogP contribution in [0.5, 0.6) is 5.75 Å². The Morgan fingerprint density at radius 3 is 2.79 bits per heavy atom. The van der Waals surface area contributed by atoms with E-state index in [1.807, 2.05) is 25.1 Å². The number of nitrogens with zero attached hydrogens (tertiary/aromatic N) is 5. The smallest absolute Gasteiger partial charge is 0.311 e. The number of fused-ring (bicyclic) bond motifs is 1. The van der Waals surface area contributed by atoms with Gasteiger partial charge >= 0.3 is 5.69 Å². The summed E-state index contributed by atoms with van der Waals surface area (Å²) >= 11 is 6.67. The fourth-order valence-corrected chi connectivity index (χ4v) is 4.21. The minimum absolute atomic E-state index is 0.0464. The molecular weight excluding hydrogens is 478 g/mol. The summed E-state index contributed by atoms with van der Waals surface area (Å²) in [6, 6.07) is 11.4. The molecular formula is C21H19N7O4S2. The Balaban J connectivity index is 1.47. The average Bonchev–Trinajstić information content (AvgIpc) is 3.40. The first-order valence-corrected chi connectivity index (χ1v) is 11.5. The van der Waals surface area contributed by atoms with Gasteiger partial charge in [0.1, 0.15) is 5.01 Å². The van der Waals surface area contributed by atoms with E-state index in [9.17, 15) is 14.9 Å². The number of hydrogen-bond donors (Lipinski definition) is 2. The normalized spacial score (nSPS) is 10.8. The van der Waals surface area contributed by atoms with Crippen molar-refractivity contribution in [3.05, 3.63) is 64.0 Å². The van der Waals surface area contributed by atoms with E-state index in [-0.39, 0.29) is 28.7 Å². The maximum Gasteiger partial charge on any atom is 0.311 e. The van der Waals surface area contributed by atoms with Gasteiger partial charge in [-0.1, -0.05) is 30.4 Å². The van der Waals surface area contributed by atoms with Crippen molar-refractivity contribution in [1.82, 2.24) is 25.1 Å². The van der Waals surface area contributed by atoms with Crippen LogP contribution in [0, 0.1) is 10.1 Å². The van der Waals surface area contributed by atoms with Gasteiger partial charge in [-0.15, -0.1) is 10.2 Å². The molecule has 1 amide bonds. The summed E-state index contributed by atoms with van der Waals surface area (Å²) in [4.78, 5) is 24.0. The van der Waals surface area contributed by atoms with E-state index in [0.717, 1.165) is 28.9 Å². The van der Waals surface area contributed by atoms with Gasteiger partial charge in [-0.2, -0.15) is 9.61 Å². The van der Waals surface area contributed by atoms with E-state index in [0.29, 0.717) is 10.6 Å². The van der Waals surface area contributed by atoms with Crippen LogP contribution in [0.4, 0.5) is 11.4 Å². The highest BCUT2D eigenvalue weighted by molar-refractivity contribution is 7.80. The Hall–Kier alpha value is -3.97. The molecule has 174 valence electrons. The number of carbonyl (C=O) groups excluding carboxylic acids is 1. The fourth-order valence-electron chi connectivity index (χ4n) is 3.14. The second-order valence-corrected chi connectivity index (χ2v) is 8.30. The zero-order chi connectivity index (χ0) is 24.2. The highest BCUT2D eigenvalue weighted by atomic mass is 32.1. The molecule has 0 unspecified atom stereocenters. The van der Waals surface area contributed by atoms with Crippen molar-refractivity contribution in [3.8, 4) is 16.3 Å². The molecule has 34 heavy (non-hydrogen) atoms. The van der Waals surface area contributed by atoms with Crippen LogP contribution in [-0.4, -0.2) is 42.4 Å². The molecule has 0 saturated carbocycles. The van der Waals surface area contributed by atoms with Crippen LogP contribution in [0.2, 0.25) is 0 Å². The Morgan fingerprint density at radius 1 is 1.24 bits per heavy atom. The lowest BCUT2D eigenvalue weighted by Crippen LogP contribution is -2.34. The minimum atomic E-state index is -0.598. The first-order valence-electron chi connectivity index (χ1n) is 10.2. The van der Waals surface area contributed by atoms with Crippen molar-refractivity contribution in [2.45, 2.75) is 20.3 Å². The molecule has 0 saturated heterocycles. The number of rotatable bonds is 7. The number of carbonyl (C=O) groups is 1. The van der Waals surface area contributed by atoms with Crippen LogP contribution in [0.1, 0.15) is 30.0 Å². The summed E-state index contributed by atoms with van der Waals surface area (Å²) in [5.41, 5.74) is 1.28. The van der Waals surface area contributed by atoms with Gasteiger partial charge in [0.25, 0.3) is 5.91 Å². The quantitative estimate of drug-likeness (QED) is 0.222. The monoisotopic (exact) mass is 497 g/mol. The lowest BCUT2D eigenvalue weighted by molar-refractivity contribution is -0.385. The largest absolute Gasteiger partial charge is 0.487 e. The van der Waals surface area contributed by atoms with E-state index in [2.05, 4.69) is 25.9 Å². The van der Waals surface area contributed by atoms with Crippen LogP contribution in [-0.2, 0) is 6.42 Å². The molecule has 0 atom stereocenters. The molecule has 13 heteroatoms. The number of nitro groups is 1. The van der Waals surface area contributed by atoms with Crippen LogP contribution >= 0.6 is 23.6 Å². The second-order valence-electron chi connectivity index (χ2n) is 6.93. The molecule has 0 fully saturated rings. The van der Waals surface area contributed by atoms with E-state index in [1.54, 1.807) is 17.5 Å². The number of nitrogens with one attached hydrogen (secondary N) is 2. The molecule has 2 aromatic carbocycles. The van der Waals surface area contributed by atoms with Gasteiger partial charge in [-0.05, 0) is 43.4 Å². The number of ether oxygens (including phenoxy) is 1. The van der Waals surface area contributed by atoms with Crippen molar-refractivity contribution in [2.24, 2.45) is 0 Å². The zero-order valence-electron chi connectivity index (χ0n) is 18.1. The van der Waals surface area contributed by atoms with Gasteiger partial charge in [0.2, 0.25) is 4.96 Å². The number of hydrogen-bond acceptors (Lipinski definition) is 9. The van der Waals surface area contributed by atoms with Gasteiger partial charge < -0.3 is 10.1 Å². The van der Waals surface area contributed by atoms with Crippen molar-refractivity contribution >= 4 is 50.9 Å². The standard InChI is InChI=1S/C21H19N7O4S2/c1-3-17-24-25-21-27(17)26-19(34-21)13-6-5-7-14(10-13)22-20(33)23-18(29)12-8-9-16(32-4-2)15(11-12)28(30)31/h5-11H,3-4H2,1-2H3,(H2,22,23,29,33). The molecule has 0 radical (unpaired) electrons. The Morgan fingerprint density at radius 2 is 2.06 bits per heavy atom. The summed E-state index contributed by atoms with van der Waals surface area (Å²) < 4.78 is 6.97. The van der Waals surface area contributed by atoms with Crippen molar-refractivity contribution < 1.29 is 14.5 Å². The summed E-state index contributed by atoms with van der Waals surface area (Å²) in [6.45, 7) is 3.97. The van der Waals surface area contributed by atoms with Crippen molar-refractivity contribution in [2.75, 3.05) is 11.9 Å². The number of nitro benzene ring substituents is 1. The third-order valence-corrected chi connectivity index (χ3v) is 5.84. The summed E-state index contributed by atoms with van der Waals surface area (Å²) in [5.74, 6) is 0.295. The summed E-state index contributed by atoms with van der Waals surface area (Å²) in [6.07, 6.45) is 0.720. The Bertz CT molecular complexity index is 1400. The topological polar surface area (TPSA) is 137 Å². The highest BCUT2D eigenvalue weighted by Crippen LogP contribution is 2.29. The van der Waals surface area contributed by atoms with Crippen LogP contribution in [0.15, 0.2) is 42.5 Å². The van der Waals surface area contributed by atoms with Gasteiger partial charge in [-0.25, -0.2) is 0 Å². The van der Waals surface area contributed by atoms with Crippen LogP contribution in [0.3, 0.4) is 0 Å². The molecule has 0 bridgehead atoms. The van der Waals surface area contributed by atoms with Crippen LogP contribution in [0.25, 0.3) is 15.5 Å². The van der Waals surface area contributed by atoms with Gasteiger partial charge in [-0.3, -0.25) is 20.2 Å². The number of thiocarbonyl (C=S) groups is 1. The van der Waals surface area contributed by atoms with Gasteiger partial charge in [0.05, 0.1) is 11.5 Å². The second kappa shape index (κ2) is 9.89. The van der Waals surface area contributed by atoms with Crippen LogP contribution < -0.4 is 15.4 Å². The molecule has 11 nitrogen and oxygen atoms in total. The minimum Gasteiger partial charge on any atom is -0.487 e. The molecule has 4 aromatic rings. The lowest BCUT2D eigenvalue weighted by atomic mass is 10.1. The number of anilines is 1. The molecule has 0 aliphatic heterocycles. The maximum atomic E-state index is 12.6. The molecule has 2 N–H and O–H groups in total. The van der Waals surface area contributed by atoms with E-state index in [1.165, 1.54) is 23.5 Å². The Kier molecular flexibility index (Phi) is 6.75. The number of aryl methyl sites for hydroxylation is 1. The van der Waals surface area contributed by atoms with Crippen molar-refractivity contribution in [3.63, 3.8) is 0 Å². The van der Waals surface area contributed by atoms with E-state index >= 15 is 0 Å². The first kappa shape index (κ1) is 23.2. The number of amides is 1. The van der Waals surface area contributed by atoms with E-state index in [4.69, 9.17) is 17.0 Å². The lowest BCUT2D eigenvalue weighted by Gasteiger charge is -2.11. The predicted octanol–water partition coefficient (Wildman–Crippen LogP) is 3.85. The third-order valence-electron chi connectivity index (χ3n) is 4.68. The average molecular weight is 498 g/mol. The number of benzene rings is 2. The fraction of sp³-hybridized carbons (Fsp3) is 0.190. The third kappa shape index (κ3) is 4.84. The zero-order valence-corrected chi connectivity index (χ0v) is 19.8. The molecule has 2 aromatic heterocycles. The van der Waals surface area contributed by atoms with Crippen molar-refractivity contribution in [1.29, 1.82) is 0 Å².